The van der Waals surface area contributed by atoms with Gasteiger partial charge in [0, 0.05) is 11.5 Å². The molecule has 1 atom stereocenters. The summed E-state index contributed by atoms with van der Waals surface area (Å²) in [5.74, 6) is -1.51. The number of aromatic nitrogens is 2. The summed E-state index contributed by atoms with van der Waals surface area (Å²) >= 11 is 0. The van der Waals surface area contributed by atoms with Crippen LogP contribution in [0.5, 0.6) is 17.4 Å². The number of phenols is 1. The van der Waals surface area contributed by atoms with E-state index in [0.29, 0.717) is 5.56 Å². The molecule has 3 rings (SSSR count). The highest BCUT2D eigenvalue weighted by Gasteiger charge is 2.24. The maximum atomic E-state index is 14.2. The number of rotatable bonds is 7. The summed E-state index contributed by atoms with van der Waals surface area (Å²) in [6, 6.07) is 3.49. The Kier molecular flexibility index (Phi) is 6.56. The molecule has 0 bridgehead atoms. The number of aromatic hydroxyl groups is 1. The lowest BCUT2D eigenvalue weighted by molar-refractivity contribution is 0.396. The van der Waals surface area contributed by atoms with Crippen LogP contribution in [0.3, 0.4) is 0 Å². The summed E-state index contributed by atoms with van der Waals surface area (Å²) < 4.78 is 19.9. The van der Waals surface area contributed by atoms with E-state index in [-0.39, 0.29) is 17.4 Å². The molecule has 2 aromatic rings. The Balaban J connectivity index is 2.07. The second-order valence-electron chi connectivity index (χ2n) is 7.65. The van der Waals surface area contributed by atoms with E-state index in [1.807, 2.05) is 11.9 Å². The summed E-state index contributed by atoms with van der Waals surface area (Å²) in [7, 11) is 0. The molecule has 29 heavy (non-hydrogen) atoms. The van der Waals surface area contributed by atoms with Gasteiger partial charge in [0.1, 0.15) is 11.5 Å². The van der Waals surface area contributed by atoms with E-state index in [1.54, 1.807) is 12.1 Å². The Bertz CT molecular complexity index is 1020. The van der Waals surface area contributed by atoms with Gasteiger partial charge in [-0.05, 0) is 56.7 Å². The first-order valence-electron chi connectivity index (χ1n) is 10.1. The SMILES string of the molecule is CCCCCc1cc(O)c(C2C=C(C)CCC2)c(Oc2[nH]c(=O)[nH]c(=O)c2F)c1. The number of unbranched alkanes of at least 4 members (excludes halogenated alkanes) is 2. The highest BCUT2D eigenvalue weighted by Crippen LogP contribution is 2.43. The predicted molar refractivity (Wildman–Crippen MR) is 109 cm³/mol. The van der Waals surface area contributed by atoms with E-state index in [4.69, 9.17) is 4.74 Å². The maximum Gasteiger partial charge on any atom is 0.328 e. The predicted octanol–water partition coefficient (Wildman–Crippen LogP) is 4.65. The highest BCUT2D eigenvalue weighted by molar-refractivity contribution is 5.52. The van der Waals surface area contributed by atoms with Gasteiger partial charge in [0.15, 0.2) is 0 Å². The molecule has 1 heterocycles. The Morgan fingerprint density at radius 3 is 2.76 bits per heavy atom. The zero-order valence-electron chi connectivity index (χ0n) is 16.8. The van der Waals surface area contributed by atoms with Gasteiger partial charge >= 0.3 is 5.69 Å². The molecule has 0 radical (unpaired) electrons. The van der Waals surface area contributed by atoms with Crippen molar-refractivity contribution in [1.82, 2.24) is 9.97 Å². The van der Waals surface area contributed by atoms with Crippen LogP contribution >= 0.6 is 0 Å². The van der Waals surface area contributed by atoms with Crippen molar-refractivity contribution in [2.75, 3.05) is 0 Å². The number of hydrogen-bond acceptors (Lipinski definition) is 4. The van der Waals surface area contributed by atoms with Crippen molar-refractivity contribution < 1.29 is 14.2 Å². The number of H-pyrrole nitrogens is 2. The topological polar surface area (TPSA) is 95.2 Å². The average molecular weight is 402 g/mol. The van der Waals surface area contributed by atoms with Crippen LogP contribution in [0.1, 0.15) is 69.4 Å². The van der Waals surface area contributed by atoms with Crippen molar-refractivity contribution in [1.29, 1.82) is 0 Å². The van der Waals surface area contributed by atoms with Crippen molar-refractivity contribution in [2.45, 2.75) is 64.7 Å². The molecule has 0 saturated carbocycles. The largest absolute Gasteiger partial charge is 0.507 e. The minimum Gasteiger partial charge on any atom is -0.507 e. The third-order valence-corrected chi connectivity index (χ3v) is 5.26. The normalized spacial score (nSPS) is 16.5. The summed E-state index contributed by atoms with van der Waals surface area (Å²) in [5, 5.41) is 10.8. The third-order valence-electron chi connectivity index (χ3n) is 5.26. The van der Waals surface area contributed by atoms with Crippen molar-refractivity contribution >= 4 is 0 Å². The van der Waals surface area contributed by atoms with Crippen LogP contribution in [0.15, 0.2) is 33.4 Å². The van der Waals surface area contributed by atoms with Gasteiger partial charge in [0.05, 0.1) is 0 Å². The lowest BCUT2D eigenvalue weighted by Crippen LogP contribution is -2.25. The molecular weight excluding hydrogens is 375 g/mol. The first-order chi connectivity index (χ1) is 13.9. The Morgan fingerprint density at radius 2 is 2.03 bits per heavy atom. The average Bonchev–Trinajstić information content (AvgIpc) is 2.66. The number of halogens is 1. The van der Waals surface area contributed by atoms with Crippen LogP contribution in [0.2, 0.25) is 0 Å². The zero-order chi connectivity index (χ0) is 21.0. The van der Waals surface area contributed by atoms with E-state index >= 15 is 0 Å². The molecule has 0 aliphatic heterocycles. The van der Waals surface area contributed by atoms with Gasteiger partial charge in [-0.1, -0.05) is 31.4 Å². The monoisotopic (exact) mass is 402 g/mol. The summed E-state index contributed by atoms with van der Waals surface area (Å²) in [4.78, 5) is 27.2. The lowest BCUT2D eigenvalue weighted by atomic mass is 9.84. The second-order valence-corrected chi connectivity index (χ2v) is 7.65. The zero-order valence-corrected chi connectivity index (χ0v) is 16.8. The molecule has 156 valence electrons. The number of ether oxygens (including phenoxy) is 1. The molecule has 1 aliphatic rings. The molecule has 1 aliphatic carbocycles. The van der Waals surface area contributed by atoms with Crippen LogP contribution in [-0.2, 0) is 6.42 Å². The summed E-state index contributed by atoms with van der Waals surface area (Å²) in [6.07, 6.45) is 8.69. The van der Waals surface area contributed by atoms with Gasteiger partial charge < -0.3 is 9.84 Å². The molecule has 7 heteroatoms. The van der Waals surface area contributed by atoms with Crippen molar-refractivity contribution in [3.8, 4) is 17.4 Å². The molecule has 1 aromatic carbocycles. The first kappa shape index (κ1) is 20.9. The number of hydrogen-bond donors (Lipinski definition) is 3. The third kappa shape index (κ3) is 4.96. The molecule has 0 saturated heterocycles. The lowest BCUT2D eigenvalue weighted by Gasteiger charge is -2.24. The molecule has 6 nitrogen and oxygen atoms in total. The standard InChI is InChI=1S/C22H27FN2O4/c1-3-4-5-8-14-11-16(26)18(15-9-6-7-13(2)10-15)17(12-14)29-21-19(23)20(27)24-22(28)25-21/h10-12,15,26H,3-9H2,1-2H3,(H2,24,25,27,28). The smallest absolute Gasteiger partial charge is 0.328 e. The molecule has 1 unspecified atom stereocenters. The minimum atomic E-state index is -1.21. The van der Waals surface area contributed by atoms with E-state index < -0.39 is 22.9 Å². The Morgan fingerprint density at radius 1 is 1.24 bits per heavy atom. The van der Waals surface area contributed by atoms with E-state index in [1.165, 1.54) is 5.57 Å². The highest BCUT2D eigenvalue weighted by atomic mass is 19.1. The van der Waals surface area contributed by atoms with E-state index in [9.17, 15) is 19.1 Å². The summed E-state index contributed by atoms with van der Waals surface area (Å²) in [6.45, 7) is 4.15. The maximum absolute atomic E-state index is 14.2. The van der Waals surface area contributed by atoms with Gasteiger partial charge in [-0.3, -0.25) is 14.8 Å². The number of nitrogens with one attached hydrogen (secondary N) is 2. The Hall–Kier alpha value is -2.83. The number of aromatic amines is 2. The second kappa shape index (κ2) is 9.11. The van der Waals surface area contributed by atoms with Crippen molar-refractivity contribution in [3.63, 3.8) is 0 Å². The molecule has 1 aromatic heterocycles. The van der Waals surface area contributed by atoms with E-state index in [0.717, 1.165) is 50.5 Å². The molecule has 0 fully saturated rings. The van der Waals surface area contributed by atoms with Gasteiger partial charge in [-0.25, -0.2) is 4.79 Å². The molecule has 0 amide bonds. The fourth-order valence-electron chi connectivity index (χ4n) is 3.82. The minimum absolute atomic E-state index is 0.0811. The van der Waals surface area contributed by atoms with Crippen LogP contribution in [0.25, 0.3) is 0 Å². The van der Waals surface area contributed by atoms with Gasteiger partial charge in [0.2, 0.25) is 11.7 Å². The van der Waals surface area contributed by atoms with Crippen molar-refractivity contribution in [2.24, 2.45) is 0 Å². The van der Waals surface area contributed by atoms with Gasteiger partial charge in [-0.15, -0.1) is 0 Å². The number of phenolic OH excluding ortho intramolecular Hbond substituents is 1. The molecular formula is C22H27FN2O4. The Labute approximate surface area is 168 Å². The first-order valence-corrected chi connectivity index (χ1v) is 10.1. The molecule has 3 N–H and O–H groups in total. The van der Waals surface area contributed by atoms with Crippen LogP contribution in [-0.4, -0.2) is 15.1 Å². The quantitative estimate of drug-likeness (QED) is 0.464. The number of allylic oxidation sites excluding steroid dienone is 2. The van der Waals surface area contributed by atoms with Crippen LogP contribution in [0, 0.1) is 5.82 Å². The fraction of sp³-hybridized carbons (Fsp3) is 0.455. The van der Waals surface area contributed by atoms with Crippen LogP contribution in [0.4, 0.5) is 4.39 Å². The van der Waals surface area contributed by atoms with Gasteiger partial charge in [-0.2, -0.15) is 4.39 Å². The van der Waals surface area contributed by atoms with Gasteiger partial charge in [0.25, 0.3) is 5.56 Å². The van der Waals surface area contributed by atoms with Crippen LogP contribution < -0.4 is 16.0 Å². The summed E-state index contributed by atoms with van der Waals surface area (Å²) in [5.41, 5.74) is 0.615. The van der Waals surface area contributed by atoms with Crippen molar-refractivity contribution in [3.05, 3.63) is 61.6 Å². The number of aryl methyl sites for hydroxylation is 1. The fourth-order valence-corrected chi connectivity index (χ4v) is 3.82. The molecule has 0 spiro atoms. The number of benzene rings is 1. The van der Waals surface area contributed by atoms with E-state index in [2.05, 4.69) is 18.0 Å².